The number of anilines is 1. The highest BCUT2D eigenvalue weighted by Crippen LogP contribution is 2.25. The van der Waals surface area contributed by atoms with Gasteiger partial charge in [0.15, 0.2) is 0 Å². The van der Waals surface area contributed by atoms with E-state index in [0.717, 1.165) is 25.9 Å². The monoisotopic (exact) mass is 342 g/mol. The van der Waals surface area contributed by atoms with Crippen LogP contribution in [0.15, 0.2) is 36.9 Å². The lowest BCUT2D eigenvalue weighted by Crippen LogP contribution is -2.47. The van der Waals surface area contributed by atoms with E-state index in [-0.39, 0.29) is 12.1 Å². The number of hydrogen-bond donors (Lipinski definition) is 1. The molecule has 2 aromatic rings. The Labute approximate surface area is 148 Å². The standard InChI is InChI=1S/C18H26N6O/c1-15-11-22(2)17-8-4-3-7-16(17)12-24(15)18(25)19-9-5-6-10-23-13-20-21-14-23/h3-4,7-8,13-15H,5-6,9-12H2,1-2H3,(H,19,25)/t15-/m1/s1. The number of rotatable bonds is 5. The fraction of sp³-hybridized carbons (Fsp3) is 0.500. The molecule has 1 aromatic carbocycles. The second kappa shape index (κ2) is 8.00. The van der Waals surface area contributed by atoms with Gasteiger partial charge in [-0.15, -0.1) is 10.2 Å². The normalized spacial score (nSPS) is 17.1. The van der Waals surface area contributed by atoms with Crippen molar-refractivity contribution in [3.8, 4) is 0 Å². The molecule has 0 bridgehead atoms. The van der Waals surface area contributed by atoms with Crippen LogP contribution in [0.1, 0.15) is 25.3 Å². The fourth-order valence-corrected chi connectivity index (χ4v) is 3.28. The van der Waals surface area contributed by atoms with Gasteiger partial charge in [0, 0.05) is 45.0 Å². The van der Waals surface area contributed by atoms with Crippen molar-refractivity contribution < 1.29 is 4.79 Å². The van der Waals surface area contributed by atoms with E-state index in [1.54, 1.807) is 12.7 Å². The molecule has 0 aliphatic carbocycles. The molecule has 0 spiro atoms. The molecule has 7 heteroatoms. The molecule has 25 heavy (non-hydrogen) atoms. The van der Waals surface area contributed by atoms with E-state index in [4.69, 9.17) is 0 Å². The van der Waals surface area contributed by atoms with Crippen LogP contribution in [0.4, 0.5) is 10.5 Å². The van der Waals surface area contributed by atoms with Gasteiger partial charge in [0.25, 0.3) is 0 Å². The number of benzene rings is 1. The van der Waals surface area contributed by atoms with Crippen molar-refractivity contribution >= 4 is 11.7 Å². The molecule has 0 unspecified atom stereocenters. The SMILES string of the molecule is C[C@@H]1CN(C)c2ccccc2CN1C(=O)NCCCCn1cnnc1. The minimum Gasteiger partial charge on any atom is -0.372 e. The Morgan fingerprint density at radius 3 is 2.80 bits per heavy atom. The molecular weight excluding hydrogens is 316 g/mol. The number of nitrogens with zero attached hydrogens (tertiary/aromatic N) is 5. The second-order valence-electron chi connectivity index (χ2n) is 6.62. The molecule has 0 fully saturated rings. The van der Waals surface area contributed by atoms with Crippen molar-refractivity contribution in [1.82, 2.24) is 25.0 Å². The molecule has 1 atom stereocenters. The Bertz CT molecular complexity index is 687. The van der Waals surface area contributed by atoms with Gasteiger partial charge in [-0.05, 0) is 31.4 Å². The number of fused-ring (bicyclic) bond motifs is 1. The maximum Gasteiger partial charge on any atom is 0.318 e. The third-order valence-electron chi connectivity index (χ3n) is 4.66. The summed E-state index contributed by atoms with van der Waals surface area (Å²) in [6.07, 6.45) is 5.35. The Morgan fingerprint density at radius 1 is 1.24 bits per heavy atom. The minimum absolute atomic E-state index is 0.0156. The summed E-state index contributed by atoms with van der Waals surface area (Å²) in [7, 11) is 2.09. The highest BCUT2D eigenvalue weighted by atomic mass is 16.2. The van der Waals surface area contributed by atoms with Gasteiger partial charge in [0.1, 0.15) is 12.7 Å². The van der Waals surface area contributed by atoms with Crippen LogP contribution < -0.4 is 10.2 Å². The number of para-hydroxylation sites is 1. The lowest BCUT2D eigenvalue weighted by molar-refractivity contribution is 0.178. The fourth-order valence-electron chi connectivity index (χ4n) is 3.28. The first-order valence-corrected chi connectivity index (χ1v) is 8.81. The average Bonchev–Trinajstić information content (AvgIpc) is 3.08. The van der Waals surface area contributed by atoms with Crippen LogP contribution in [0.25, 0.3) is 0 Å². The molecule has 0 saturated carbocycles. The predicted molar refractivity (Wildman–Crippen MR) is 97.4 cm³/mol. The van der Waals surface area contributed by atoms with E-state index in [1.807, 2.05) is 21.6 Å². The number of likely N-dealkylation sites (N-methyl/N-ethyl adjacent to an activating group) is 1. The zero-order chi connectivity index (χ0) is 17.6. The summed E-state index contributed by atoms with van der Waals surface area (Å²) in [6.45, 7) is 5.14. The summed E-state index contributed by atoms with van der Waals surface area (Å²) in [6, 6.07) is 8.48. The molecule has 1 aliphatic rings. The number of aromatic nitrogens is 3. The lowest BCUT2D eigenvalue weighted by Gasteiger charge is -2.28. The van der Waals surface area contributed by atoms with Gasteiger partial charge in [-0.2, -0.15) is 0 Å². The number of carbonyl (C=O) groups is 1. The van der Waals surface area contributed by atoms with Gasteiger partial charge >= 0.3 is 6.03 Å². The van der Waals surface area contributed by atoms with E-state index < -0.39 is 0 Å². The summed E-state index contributed by atoms with van der Waals surface area (Å²) in [5.74, 6) is 0. The summed E-state index contributed by atoms with van der Waals surface area (Å²) >= 11 is 0. The summed E-state index contributed by atoms with van der Waals surface area (Å²) in [5.41, 5.74) is 2.40. The van der Waals surface area contributed by atoms with Gasteiger partial charge in [0.05, 0.1) is 0 Å². The third-order valence-corrected chi connectivity index (χ3v) is 4.66. The van der Waals surface area contributed by atoms with Crippen molar-refractivity contribution in [2.75, 3.05) is 25.0 Å². The highest BCUT2D eigenvalue weighted by molar-refractivity contribution is 5.75. The van der Waals surface area contributed by atoms with Crippen LogP contribution >= 0.6 is 0 Å². The molecule has 1 aromatic heterocycles. The van der Waals surface area contributed by atoms with Crippen LogP contribution in [-0.4, -0.2) is 51.9 Å². The second-order valence-corrected chi connectivity index (χ2v) is 6.62. The smallest absolute Gasteiger partial charge is 0.318 e. The average molecular weight is 342 g/mol. The molecule has 7 nitrogen and oxygen atoms in total. The zero-order valence-corrected chi connectivity index (χ0v) is 14.9. The molecular formula is C18H26N6O. The number of unbranched alkanes of at least 4 members (excludes halogenated alkanes) is 1. The number of urea groups is 1. The molecule has 3 rings (SSSR count). The molecule has 0 saturated heterocycles. The van der Waals surface area contributed by atoms with Crippen LogP contribution in [0, 0.1) is 0 Å². The molecule has 2 amide bonds. The number of carbonyl (C=O) groups excluding carboxylic acids is 1. The molecule has 0 radical (unpaired) electrons. The Hall–Kier alpha value is -2.57. The number of nitrogens with one attached hydrogen (secondary N) is 1. The quantitative estimate of drug-likeness (QED) is 0.845. The van der Waals surface area contributed by atoms with Crippen LogP contribution in [0.2, 0.25) is 0 Å². The van der Waals surface area contributed by atoms with Gasteiger partial charge in [0.2, 0.25) is 0 Å². The number of hydrogen-bond acceptors (Lipinski definition) is 4. The van der Waals surface area contributed by atoms with Gasteiger partial charge in [-0.3, -0.25) is 0 Å². The summed E-state index contributed by atoms with van der Waals surface area (Å²) in [4.78, 5) is 16.8. The van der Waals surface area contributed by atoms with Crippen molar-refractivity contribution in [3.63, 3.8) is 0 Å². The first-order chi connectivity index (χ1) is 12.1. The first-order valence-electron chi connectivity index (χ1n) is 8.81. The summed E-state index contributed by atoms with van der Waals surface area (Å²) < 4.78 is 1.95. The number of amides is 2. The zero-order valence-electron chi connectivity index (χ0n) is 14.9. The maximum atomic E-state index is 12.6. The van der Waals surface area contributed by atoms with Crippen molar-refractivity contribution in [2.24, 2.45) is 0 Å². The predicted octanol–water partition coefficient (Wildman–Crippen LogP) is 2.11. The third kappa shape index (κ3) is 4.29. The van der Waals surface area contributed by atoms with Crippen LogP contribution in [0.5, 0.6) is 0 Å². The van der Waals surface area contributed by atoms with Crippen molar-refractivity contribution in [1.29, 1.82) is 0 Å². The topological polar surface area (TPSA) is 66.3 Å². The maximum absolute atomic E-state index is 12.6. The first kappa shape index (κ1) is 17.3. The van der Waals surface area contributed by atoms with E-state index in [0.29, 0.717) is 13.1 Å². The van der Waals surface area contributed by atoms with Crippen molar-refractivity contribution in [2.45, 2.75) is 38.9 Å². The van der Waals surface area contributed by atoms with Crippen LogP contribution in [-0.2, 0) is 13.1 Å². The Balaban J connectivity index is 1.51. The summed E-state index contributed by atoms with van der Waals surface area (Å²) in [5, 5.41) is 10.6. The lowest BCUT2D eigenvalue weighted by atomic mass is 10.1. The van der Waals surface area contributed by atoms with Crippen molar-refractivity contribution in [3.05, 3.63) is 42.5 Å². The van der Waals surface area contributed by atoms with E-state index >= 15 is 0 Å². The van der Waals surface area contributed by atoms with E-state index in [2.05, 4.69) is 46.5 Å². The highest BCUT2D eigenvalue weighted by Gasteiger charge is 2.26. The Morgan fingerprint density at radius 2 is 2.00 bits per heavy atom. The largest absolute Gasteiger partial charge is 0.372 e. The minimum atomic E-state index is 0.0156. The Kier molecular flexibility index (Phi) is 5.53. The molecule has 1 aliphatic heterocycles. The van der Waals surface area contributed by atoms with E-state index in [1.165, 1.54) is 11.3 Å². The number of aryl methyl sites for hydroxylation is 1. The molecule has 134 valence electrons. The van der Waals surface area contributed by atoms with Gasteiger partial charge < -0.3 is 19.7 Å². The van der Waals surface area contributed by atoms with Gasteiger partial charge in [-0.25, -0.2) is 4.79 Å². The van der Waals surface area contributed by atoms with Gasteiger partial charge in [-0.1, -0.05) is 18.2 Å². The molecule has 1 N–H and O–H groups in total. The van der Waals surface area contributed by atoms with E-state index in [9.17, 15) is 4.79 Å². The molecule has 2 heterocycles. The van der Waals surface area contributed by atoms with Crippen LogP contribution in [0.3, 0.4) is 0 Å².